The van der Waals surface area contributed by atoms with E-state index < -0.39 is 0 Å². The van der Waals surface area contributed by atoms with Gasteiger partial charge in [0, 0.05) is 32.3 Å². The third-order valence-electron chi connectivity index (χ3n) is 4.46. The van der Waals surface area contributed by atoms with Gasteiger partial charge in [0.1, 0.15) is 0 Å². The zero-order chi connectivity index (χ0) is 14.5. The van der Waals surface area contributed by atoms with Gasteiger partial charge in [-0.2, -0.15) is 0 Å². The smallest absolute Gasteiger partial charge is 0.0589 e. The van der Waals surface area contributed by atoms with E-state index in [1.54, 1.807) is 7.11 Å². The third kappa shape index (κ3) is 4.73. The first-order chi connectivity index (χ1) is 8.93. The lowest BCUT2D eigenvalue weighted by Gasteiger charge is -2.50. The molecule has 0 radical (unpaired) electrons. The predicted molar refractivity (Wildman–Crippen MR) is 82.3 cm³/mol. The van der Waals surface area contributed by atoms with E-state index in [0.717, 1.165) is 38.1 Å². The van der Waals surface area contributed by atoms with Crippen molar-refractivity contribution in [2.24, 2.45) is 23.5 Å². The van der Waals surface area contributed by atoms with Crippen LogP contribution in [0, 0.1) is 17.8 Å². The van der Waals surface area contributed by atoms with E-state index in [1.165, 1.54) is 19.3 Å². The Bertz CT molecular complexity index is 245. The van der Waals surface area contributed by atoms with E-state index in [9.17, 15) is 0 Å². The van der Waals surface area contributed by atoms with Gasteiger partial charge in [0.15, 0.2) is 0 Å². The van der Waals surface area contributed by atoms with Crippen LogP contribution in [0.3, 0.4) is 0 Å². The van der Waals surface area contributed by atoms with Gasteiger partial charge < -0.3 is 10.5 Å². The van der Waals surface area contributed by atoms with Crippen molar-refractivity contribution in [2.75, 3.05) is 33.4 Å². The van der Waals surface area contributed by atoms with E-state index >= 15 is 0 Å². The molecule has 0 aromatic carbocycles. The minimum absolute atomic E-state index is 0.194. The Balaban J connectivity index is 2.85. The first-order valence-electron chi connectivity index (χ1n) is 7.87. The number of nitrogens with zero attached hydrogens (tertiary/aromatic N) is 1. The molecule has 1 aliphatic carbocycles. The van der Waals surface area contributed by atoms with E-state index in [1.807, 2.05) is 0 Å². The molecule has 3 nitrogen and oxygen atoms in total. The molecule has 1 aliphatic rings. The Hall–Kier alpha value is -0.120. The molecule has 2 unspecified atom stereocenters. The van der Waals surface area contributed by atoms with Gasteiger partial charge in [-0.05, 0) is 37.0 Å². The number of hydrogen-bond donors (Lipinski definition) is 1. The lowest BCUT2D eigenvalue weighted by atomic mass is 9.70. The Morgan fingerprint density at radius 2 is 1.84 bits per heavy atom. The van der Waals surface area contributed by atoms with Crippen molar-refractivity contribution in [3.05, 3.63) is 0 Å². The van der Waals surface area contributed by atoms with Gasteiger partial charge in [-0.15, -0.1) is 0 Å². The summed E-state index contributed by atoms with van der Waals surface area (Å²) in [4.78, 5) is 2.62. The highest BCUT2D eigenvalue weighted by Crippen LogP contribution is 2.39. The van der Waals surface area contributed by atoms with Crippen LogP contribution in [-0.4, -0.2) is 43.8 Å². The van der Waals surface area contributed by atoms with Gasteiger partial charge in [-0.25, -0.2) is 0 Å². The highest BCUT2D eigenvalue weighted by Gasteiger charge is 2.41. The standard InChI is InChI=1S/C16H34N2O/c1-13(2)11-18(6-7-19-5)16(12-17)9-14(3)8-15(4)10-16/h13-15H,6-12,17H2,1-5H3. The van der Waals surface area contributed by atoms with Crippen LogP contribution in [0.15, 0.2) is 0 Å². The van der Waals surface area contributed by atoms with Crippen molar-refractivity contribution in [2.45, 2.75) is 52.5 Å². The monoisotopic (exact) mass is 270 g/mol. The van der Waals surface area contributed by atoms with Gasteiger partial charge >= 0.3 is 0 Å². The Morgan fingerprint density at radius 1 is 1.26 bits per heavy atom. The molecule has 0 amide bonds. The van der Waals surface area contributed by atoms with Crippen LogP contribution in [0.25, 0.3) is 0 Å². The number of hydrogen-bond acceptors (Lipinski definition) is 3. The summed E-state index contributed by atoms with van der Waals surface area (Å²) in [5.74, 6) is 2.24. The van der Waals surface area contributed by atoms with Crippen LogP contribution in [-0.2, 0) is 4.74 Å². The van der Waals surface area contributed by atoms with Crippen LogP contribution < -0.4 is 5.73 Å². The summed E-state index contributed by atoms with van der Waals surface area (Å²) < 4.78 is 5.31. The summed E-state index contributed by atoms with van der Waals surface area (Å²) in [6.45, 7) is 13.0. The lowest BCUT2D eigenvalue weighted by molar-refractivity contribution is -0.00311. The summed E-state index contributed by atoms with van der Waals surface area (Å²) in [5, 5.41) is 0. The van der Waals surface area contributed by atoms with E-state index in [-0.39, 0.29) is 5.54 Å². The summed E-state index contributed by atoms with van der Waals surface area (Å²) in [6.07, 6.45) is 3.83. The number of rotatable bonds is 7. The van der Waals surface area contributed by atoms with Gasteiger partial charge in [0.2, 0.25) is 0 Å². The predicted octanol–water partition coefficient (Wildman–Crippen LogP) is 2.74. The normalized spacial score (nSPS) is 32.2. The molecule has 0 aliphatic heterocycles. The fourth-order valence-corrected chi connectivity index (χ4v) is 3.95. The van der Waals surface area contributed by atoms with Gasteiger partial charge in [-0.3, -0.25) is 4.90 Å². The molecular weight excluding hydrogens is 236 g/mol. The number of methoxy groups -OCH3 is 1. The first-order valence-corrected chi connectivity index (χ1v) is 7.87. The molecule has 1 saturated carbocycles. The molecule has 19 heavy (non-hydrogen) atoms. The molecule has 2 N–H and O–H groups in total. The second-order valence-corrected chi connectivity index (χ2v) is 7.12. The van der Waals surface area contributed by atoms with Crippen LogP contribution in [0.5, 0.6) is 0 Å². The van der Waals surface area contributed by atoms with Crippen molar-refractivity contribution < 1.29 is 4.74 Å². The molecule has 0 aromatic heterocycles. The highest BCUT2D eigenvalue weighted by atomic mass is 16.5. The van der Waals surface area contributed by atoms with Gasteiger partial charge in [0.05, 0.1) is 6.61 Å². The first kappa shape index (κ1) is 16.9. The SMILES string of the molecule is COCCN(CC(C)C)C1(CN)CC(C)CC(C)C1. The highest BCUT2D eigenvalue weighted by molar-refractivity contribution is 4.98. The van der Waals surface area contributed by atoms with Crippen LogP contribution in [0.4, 0.5) is 0 Å². The summed E-state index contributed by atoms with van der Waals surface area (Å²) in [6, 6.07) is 0. The quantitative estimate of drug-likeness (QED) is 0.773. The topological polar surface area (TPSA) is 38.5 Å². The Morgan fingerprint density at radius 3 is 2.26 bits per heavy atom. The van der Waals surface area contributed by atoms with Gasteiger partial charge in [0.25, 0.3) is 0 Å². The molecule has 2 atom stereocenters. The molecule has 0 bridgehead atoms. The molecule has 0 spiro atoms. The van der Waals surface area contributed by atoms with Crippen molar-refractivity contribution in [1.82, 2.24) is 4.90 Å². The van der Waals surface area contributed by atoms with Crippen LogP contribution >= 0.6 is 0 Å². The molecule has 114 valence electrons. The van der Waals surface area contributed by atoms with Crippen LogP contribution in [0.2, 0.25) is 0 Å². The average Bonchev–Trinajstić information content (AvgIpc) is 2.32. The van der Waals surface area contributed by atoms with Crippen molar-refractivity contribution in [1.29, 1.82) is 0 Å². The summed E-state index contributed by atoms with van der Waals surface area (Å²) in [5.41, 5.74) is 6.42. The minimum Gasteiger partial charge on any atom is -0.383 e. The fraction of sp³-hybridized carbons (Fsp3) is 1.00. The molecule has 0 saturated heterocycles. The Kier molecular flexibility index (Phi) is 6.78. The number of ether oxygens (including phenoxy) is 1. The van der Waals surface area contributed by atoms with Gasteiger partial charge in [-0.1, -0.05) is 27.7 Å². The maximum Gasteiger partial charge on any atom is 0.0589 e. The van der Waals surface area contributed by atoms with Crippen LogP contribution in [0.1, 0.15) is 47.0 Å². The molecule has 0 aromatic rings. The molecule has 1 rings (SSSR count). The Labute approximate surface area is 119 Å². The van der Waals surface area contributed by atoms with E-state index in [0.29, 0.717) is 5.92 Å². The zero-order valence-corrected chi connectivity index (χ0v) is 13.6. The van der Waals surface area contributed by atoms with E-state index in [2.05, 4.69) is 32.6 Å². The van der Waals surface area contributed by atoms with Crippen molar-refractivity contribution in [3.8, 4) is 0 Å². The summed E-state index contributed by atoms with van der Waals surface area (Å²) in [7, 11) is 1.79. The maximum absolute atomic E-state index is 6.23. The van der Waals surface area contributed by atoms with Crippen molar-refractivity contribution >= 4 is 0 Å². The average molecular weight is 270 g/mol. The largest absolute Gasteiger partial charge is 0.383 e. The maximum atomic E-state index is 6.23. The molecular formula is C16H34N2O. The minimum atomic E-state index is 0.194. The number of nitrogens with two attached hydrogens (primary N) is 1. The zero-order valence-electron chi connectivity index (χ0n) is 13.6. The summed E-state index contributed by atoms with van der Waals surface area (Å²) >= 11 is 0. The molecule has 1 fully saturated rings. The molecule has 0 heterocycles. The fourth-order valence-electron chi connectivity index (χ4n) is 3.95. The van der Waals surface area contributed by atoms with Crippen molar-refractivity contribution in [3.63, 3.8) is 0 Å². The van der Waals surface area contributed by atoms with E-state index in [4.69, 9.17) is 10.5 Å². The second-order valence-electron chi connectivity index (χ2n) is 7.12. The lowest BCUT2D eigenvalue weighted by Crippen LogP contribution is -2.59. The second kappa shape index (κ2) is 7.61. The molecule has 3 heteroatoms. The third-order valence-corrected chi connectivity index (χ3v) is 4.46.